The fourth-order valence-electron chi connectivity index (χ4n) is 7.47. The summed E-state index contributed by atoms with van der Waals surface area (Å²) in [4.78, 5) is 12.1. The van der Waals surface area contributed by atoms with Gasteiger partial charge in [-0.2, -0.15) is 0 Å². The maximum atomic E-state index is 12.1. The van der Waals surface area contributed by atoms with Crippen molar-refractivity contribution in [2.75, 3.05) is 6.61 Å². The first-order valence-electron chi connectivity index (χ1n) is 10.1. The van der Waals surface area contributed by atoms with Crippen LogP contribution in [0.3, 0.4) is 0 Å². The number of ketones is 1. The quantitative estimate of drug-likeness (QED) is 0.781. The fourth-order valence-corrected chi connectivity index (χ4v) is 7.47. The van der Waals surface area contributed by atoms with Gasteiger partial charge in [-0.15, -0.1) is 0 Å². The van der Waals surface area contributed by atoms with E-state index in [0.717, 1.165) is 0 Å². The third-order valence-electron chi connectivity index (χ3n) is 8.93. The third-order valence-corrected chi connectivity index (χ3v) is 8.93. The van der Waals surface area contributed by atoms with Crippen LogP contribution >= 0.6 is 0 Å². The normalized spacial score (nSPS) is 54.1. The predicted octanol–water partition coefficient (Wildman–Crippen LogP) is 3.53. The van der Waals surface area contributed by atoms with Crippen LogP contribution in [0.4, 0.5) is 0 Å². The number of fused-ring (bicyclic) bond motifs is 7. The van der Waals surface area contributed by atoms with Crippen LogP contribution in [0.5, 0.6) is 0 Å². The van der Waals surface area contributed by atoms with E-state index in [0.29, 0.717) is 41.6 Å². The molecule has 136 valence electrons. The van der Waals surface area contributed by atoms with Crippen LogP contribution in [0, 0.1) is 40.4 Å². The molecule has 0 spiro atoms. The second-order valence-electron chi connectivity index (χ2n) is 9.80. The zero-order valence-corrected chi connectivity index (χ0v) is 15.6. The van der Waals surface area contributed by atoms with Gasteiger partial charge in [0.1, 0.15) is 12.2 Å². The largest absolute Gasteiger partial charge is 0.396 e. The van der Waals surface area contributed by atoms with Crippen molar-refractivity contribution in [2.24, 2.45) is 40.4 Å². The highest BCUT2D eigenvalue weighted by Crippen LogP contribution is 2.67. The van der Waals surface area contributed by atoms with Gasteiger partial charge >= 0.3 is 0 Å². The van der Waals surface area contributed by atoms with Crippen molar-refractivity contribution in [3.05, 3.63) is 23.8 Å². The van der Waals surface area contributed by atoms with E-state index < -0.39 is 0 Å². The van der Waals surface area contributed by atoms with E-state index in [2.05, 4.69) is 32.9 Å². The van der Waals surface area contributed by atoms with Crippen molar-refractivity contribution < 1.29 is 14.6 Å². The van der Waals surface area contributed by atoms with Crippen LogP contribution in [0.15, 0.2) is 23.8 Å². The van der Waals surface area contributed by atoms with E-state index in [1.165, 1.54) is 31.3 Å². The van der Waals surface area contributed by atoms with Crippen molar-refractivity contribution >= 4 is 5.78 Å². The molecule has 0 radical (unpaired) electrons. The summed E-state index contributed by atoms with van der Waals surface area (Å²) in [7, 11) is 0. The van der Waals surface area contributed by atoms with Gasteiger partial charge in [0.25, 0.3) is 0 Å². The van der Waals surface area contributed by atoms with E-state index in [9.17, 15) is 9.90 Å². The van der Waals surface area contributed by atoms with Gasteiger partial charge in [-0.05, 0) is 72.3 Å². The lowest BCUT2D eigenvalue weighted by atomic mass is 9.48. The first kappa shape index (κ1) is 16.3. The molecule has 2 saturated carbocycles. The average molecular weight is 342 g/mol. The Balaban J connectivity index is 1.52. The average Bonchev–Trinajstić information content (AvgIpc) is 3.33. The lowest BCUT2D eigenvalue weighted by Gasteiger charge is -2.56. The van der Waals surface area contributed by atoms with Gasteiger partial charge in [-0.25, -0.2) is 0 Å². The molecule has 0 aromatic carbocycles. The maximum absolute atomic E-state index is 12.1. The molecule has 1 aliphatic heterocycles. The van der Waals surface area contributed by atoms with Crippen molar-refractivity contribution in [2.45, 2.75) is 58.7 Å². The van der Waals surface area contributed by atoms with Gasteiger partial charge in [0, 0.05) is 12.0 Å². The summed E-state index contributed by atoms with van der Waals surface area (Å²) >= 11 is 0. The van der Waals surface area contributed by atoms with Gasteiger partial charge in [0.15, 0.2) is 5.78 Å². The van der Waals surface area contributed by atoms with Crippen LogP contribution in [0.2, 0.25) is 0 Å². The van der Waals surface area contributed by atoms with Crippen LogP contribution in [-0.2, 0) is 9.53 Å². The van der Waals surface area contributed by atoms with Gasteiger partial charge in [-0.1, -0.05) is 32.9 Å². The number of hydrogen-bond acceptors (Lipinski definition) is 3. The van der Waals surface area contributed by atoms with Gasteiger partial charge < -0.3 is 9.84 Å². The zero-order chi connectivity index (χ0) is 17.6. The van der Waals surface area contributed by atoms with Crippen LogP contribution < -0.4 is 0 Å². The molecule has 0 aromatic rings. The molecular formula is C22H30O3. The molecule has 0 aromatic heterocycles. The van der Waals surface area contributed by atoms with E-state index in [1.807, 2.05) is 6.08 Å². The minimum atomic E-state index is -0.167. The van der Waals surface area contributed by atoms with Crippen molar-refractivity contribution in [3.63, 3.8) is 0 Å². The van der Waals surface area contributed by atoms with Crippen molar-refractivity contribution in [1.82, 2.24) is 0 Å². The molecule has 3 heteroatoms. The molecule has 0 bridgehead atoms. The molecule has 3 unspecified atom stereocenters. The fraction of sp³-hybridized carbons (Fsp3) is 0.773. The lowest BCUT2D eigenvalue weighted by Crippen LogP contribution is -2.52. The number of aliphatic hydroxyl groups excluding tert-OH is 1. The second-order valence-corrected chi connectivity index (χ2v) is 9.80. The van der Waals surface area contributed by atoms with E-state index in [4.69, 9.17) is 4.74 Å². The molecule has 5 rings (SSSR count). The number of epoxide rings is 1. The van der Waals surface area contributed by atoms with Crippen molar-refractivity contribution in [3.8, 4) is 0 Å². The van der Waals surface area contributed by atoms with E-state index in [1.54, 1.807) is 0 Å². The Kier molecular flexibility index (Phi) is 3.30. The van der Waals surface area contributed by atoms with Crippen LogP contribution in [0.1, 0.15) is 46.5 Å². The molecule has 3 nitrogen and oxygen atoms in total. The van der Waals surface area contributed by atoms with E-state index >= 15 is 0 Å². The minimum Gasteiger partial charge on any atom is -0.396 e. The third kappa shape index (κ3) is 1.92. The molecule has 1 saturated heterocycles. The smallest absolute Gasteiger partial charge is 0.187 e. The summed E-state index contributed by atoms with van der Waals surface area (Å²) < 4.78 is 5.86. The highest BCUT2D eigenvalue weighted by molar-refractivity contribution is 5.98. The summed E-state index contributed by atoms with van der Waals surface area (Å²) in [6.45, 7) is 7.36. The maximum Gasteiger partial charge on any atom is 0.187 e. The Bertz CT molecular complexity index is 679. The monoisotopic (exact) mass is 342 g/mol. The van der Waals surface area contributed by atoms with Crippen LogP contribution in [0.25, 0.3) is 0 Å². The van der Waals surface area contributed by atoms with Gasteiger partial charge in [-0.3, -0.25) is 4.79 Å². The molecule has 4 aliphatic carbocycles. The summed E-state index contributed by atoms with van der Waals surface area (Å²) in [5.74, 6) is 3.09. The lowest BCUT2D eigenvalue weighted by molar-refractivity contribution is -0.116. The van der Waals surface area contributed by atoms with Gasteiger partial charge in [0.2, 0.25) is 0 Å². The Morgan fingerprint density at radius 1 is 1.28 bits per heavy atom. The highest BCUT2D eigenvalue weighted by Gasteiger charge is 2.66. The van der Waals surface area contributed by atoms with Crippen molar-refractivity contribution in [1.29, 1.82) is 0 Å². The Hall–Kier alpha value is -0.930. The molecule has 9 atom stereocenters. The minimum absolute atomic E-state index is 0.0139. The number of aliphatic hydroxyl groups is 1. The number of ether oxygens (including phenoxy) is 1. The molecule has 1 N–H and O–H groups in total. The molecule has 1 heterocycles. The highest BCUT2D eigenvalue weighted by atomic mass is 16.6. The molecule has 5 aliphatic rings. The Morgan fingerprint density at radius 2 is 2.08 bits per heavy atom. The number of carbonyl (C=O) groups is 1. The number of rotatable bonds is 2. The van der Waals surface area contributed by atoms with E-state index in [-0.39, 0.29) is 23.4 Å². The summed E-state index contributed by atoms with van der Waals surface area (Å²) in [5.41, 5.74) is 1.57. The topological polar surface area (TPSA) is 49.8 Å². The zero-order valence-electron chi connectivity index (χ0n) is 15.6. The SMILES string of the molecule is CC(CO)[C@H]1CC[C@H]2[C@@H]3C=CC4=CC(=O)C5OC5[C@]4(C)[C@H]3CC[C@]12C. The summed E-state index contributed by atoms with van der Waals surface area (Å²) in [6.07, 6.45) is 11.4. The van der Waals surface area contributed by atoms with Crippen LogP contribution in [-0.4, -0.2) is 29.7 Å². The summed E-state index contributed by atoms with van der Waals surface area (Å²) in [5, 5.41) is 9.72. The predicted molar refractivity (Wildman–Crippen MR) is 95.8 cm³/mol. The number of carbonyl (C=O) groups excluding carboxylic acids is 1. The summed E-state index contributed by atoms with van der Waals surface area (Å²) in [6, 6.07) is 0. The van der Waals surface area contributed by atoms with Gasteiger partial charge in [0.05, 0.1) is 0 Å². The number of allylic oxidation sites excluding steroid dienone is 2. The number of hydrogen-bond donors (Lipinski definition) is 1. The molecule has 25 heavy (non-hydrogen) atoms. The first-order valence-corrected chi connectivity index (χ1v) is 10.1. The Labute approximate surface area is 150 Å². The molecular weight excluding hydrogens is 312 g/mol. The molecule has 0 amide bonds. The first-order chi connectivity index (χ1) is 11.9. The molecule has 3 fully saturated rings. The standard InChI is InChI=1S/C22H30O3/c1-12(11-23)15-6-7-16-14-5-4-13-10-18(24)19-20(25-19)22(13,3)17(14)8-9-21(15,16)2/h4-5,10,12,14-17,19-20,23H,6-9,11H2,1-3H3/t12?,14-,15+,16-,17-,19?,20?,21+,22-/m0/s1. The second kappa shape index (κ2) is 5.07. The Morgan fingerprint density at radius 3 is 2.84 bits per heavy atom.